The molecule has 1 saturated heterocycles. The molecule has 1 heterocycles. The number of sulfonamides is 1. The maximum atomic E-state index is 12.3. The summed E-state index contributed by atoms with van der Waals surface area (Å²) in [5, 5.41) is -0.270. The SMILES string of the molecule is CC(C)S(=O)(=O)N1CCC[C@H]2CCCC[C@H]21. The van der Waals surface area contributed by atoms with Crippen LogP contribution in [0.5, 0.6) is 0 Å². The number of fused-ring (bicyclic) bond motifs is 1. The standard InChI is InChI=1S/C12H23NO2S/c1-10(2)16(14,15)13-9-5-7-11-6-3-4-8-12(11)13/h10-12H,3-9H2,1-2H3/t11-,12-/m1/s1. The Balaban J connectivity index is 2.20. The van der Waals surface area contributed by atoms with Crippen LogP contribution in [0.1, 0.15) is 52.4 Å². The van der Waals surface area contributed by atoms with Crippen LogP contribution >= 0.6 is 0 Å². The summed E-state index contributed by atoms with van der Waals surface area (Å²) in [6.45, 7) is 4.34. The van der Waals surface area contributed by atoms with Crippen LogP contribution in [0, 0.1) is 5.92 Å². The topological polar surface area (TPSA) is 37.4 Å². The zero-order chi connectivity index (χ0) is 11.8. The normalized spacial score (nSPS) is 32.7. The van der Waals surface area contributed by atoms with E-state index in [2.05, 4.69) is 0 Å². The molecule has 2 atom stereocenters. The Hall–Kier alpha value is -0.0900. The molecular weight excluding hydrogens is 222 g/mol. The van der Waals surface area contributed by atoms with Gasteiger partial charge < -0.3 is 0 Å². The van der Waals surface area contributed by atoms with Gasteiger partial charge in [0.1, 0.15) is 0 Å². The predicted octanol–water partition coefficient (Wildman–Crippen LogP) is 2.38. The second kappa shape index (κ2) is 4.65. The van der Waals surface area contributed by atoms with E-state index in [1.807, 2.05) is 4.31 Å². The van der Waals surface area contributed by atoms with Crippen molar-refractivity contribution in [1.82, 2.24) is 4.31 Å². The largest absolute Gasteiger partial charge is 0.216 e. The van der Waals surface area contributed by atoms with E-state index < -0.39 is 10.0 Å². The van der Waals surface area contributed by atoms with Crippen LogP contribution in [0.4, 0.5) is 0 Å². The minimum atomic E-state index is -3.04. The fraction of sp³-hybridized carbons (Fsp3) is 1.00. The first-order valence-electron chi connectivity index (χ1n) is 6.54. The summed E-state index contributed by atoms with van der Waals surface area (Å²) in [7, 11) is -3.04. The zero-order valence-corrected chi connectivity index (χ0v) is 11.2. The molecule has 2 fully saturated rings. The van der Waals surface area contributed by atoms with E-state index in [-0.39, 0.29) is 5.25 Å². The highest BCUT2D eigenvalue weighted by Crippen LogP contribution is 2.37. The molecule has 0 spiro atoms. The Labute approximate surface area is 99.3 Å². The highest BCUT2D eigenvalue weighted by molar-refractivity contribution is 7.89. The monoisotopic (exact) mass is 245 g/mol. The van der Waals surface area contributed by atoms with Gasteiger partial charge in [-0.05, 0) is 45.4 Å². The van der Waals surface area contributed by atoms with E-state index in [1.165, 1.54) is 25.7 Å². The molecule has 0 amide bonds. The second-order valence-corrected chi connectivity index (χ2v) is 7.90. The molecule has 1 aliphatic heterocycles. The number of piperidine rings is 1. The van der Waals surface area contributed by atoms with E-state index in [1.54, 1.807) is 13.8 Å². The molecule has 0 aromatic carbocycles. The first-order chi connectivity index (χ1) is 7.53. The number of rotatable bonds is 2. The molecule has 0 N–H and O–H groups in total. The molecule has 1 saturated carbocycles. The van der Waals surface area contributed by atoms with Crippen molar-refractivity contribution < 1.29 is 8.42 Å². The maximum absolute atomic E-state index is 12.3. The van der Waals surface area contributed by atoms with E-state index in [0.717, 1.165) is 19.4 Å². The highest BCUT2D eigenvalue weighted by Gasteiger charge is 2.40. The Morgan fingerprint density at radius 1 is 1.06 bits per heavy atom. The Bertz CT molecular complexity index is 335. The van der Waals surface area contributed by atoms with Crippen molar-refractivity contribution in [3.05, 3.63) is 0 Å². The third-order valence-corrected chi connectivity index (χ3v) is 6.41. The van der Waals surface area contributed by atoms with Crippen LogP contribution in [0.25, 0.3) is 0 Å². The zero-order valence-electron chi connectivity index (χ0n) is 10.4. The average Bonchev–Trinajstić information content (AvgIpc) is 2.28. The van der Waals surface area contributed by atoms with Gasteiger partial charge in [0.05, 0.1) is 5.25 Å². The summed E-state index contributed by atoms with van der Waals surface area (Å²) in [6.07, 6.45) is 7.08. The molecule has 0 aromatic rings. The predicted molar refractivity (Wildman–Crippen MR) is 65.7 cm³/mol. The summed E-state index contributed by atoms with van der Waals surface area (Å²) in [4.78, 5) is 0. The molecule has 16 heavy (non-hydrogen) atoms. The molecule has 0 unspecified atom stereocenters. The van der Waals surface area contributed by atoms with Gasteiger partial charge in [0.2, 0.25) is 10.0 Å². The van der Waals surface area contributed by atoms with Gasteiger partial charge in [-0.15, -0.1) is 0 Å². The quantitative estimate of drug-likeness (QED) is 0.749. The highest BCUT2D eigenvalue weighted by atomic mass is 32.2. The van der Waals surface area contributed by atoms with Crippen molar-refractivity contribution in [2.75, 3.05) is 6.54 Å². The van der Waals surface area contributed by atoms with E-state index in [9.17, 15) is 8.42 Å². The fourth-order valence-electron chi connectivity index (χ4n) is 3.17. The van der Waals surface area contributed by atoms with E-state index in [0.29, 0.717) is 12.0 Å². The number of hydrogen-bond acceptors (Lipinski definition) is 2. The lowest BCUT2D eigenvalue weighted by Crippen LogP contribution is -2.51. The van der Waals surface area contributed by atoms with Gasteiger partial charge in [0.15, 0.2) is 0 Å². The molecule has 94 valence electrons. The molecule has 2 aliphatic rings. The molecule has 1 aliphatic carbocycles. The third kappa shape index (κ3) is 2.14. The Morgan fingerprint density at radius 2 is 1.69 bits per heavy atom. The van der Waals surface area contributed by atoms with Crippen LogP contribution in [0.3, 0.4) is 0 Å². The molecule has 2 rings (SSSR count). The lowest BCUT2D eigenvalue weighted by molar-refractivity contribution is 0.128. The average molecular weight is 245 g/mol. The van der Waals surface area contributed by atoms with E-state index >= 15 is 0 Å². The summed E-state index contributed by atoms with van der Waals surface area (Å²) < 4.78 is 26.4. The van der Waals surface area contributed by atoms with Gasteiger partial charge in [-0.3, -0.25) is 0 Å². The van der Waals surface area contributed by atoms with Crippen molar-refractivity contribution in [2.45, 2.75) is 63.7 Å². The minimum absolute atomic E-state index is 0.270. The van der Waals surface area contributed by atoms with Gasteiger partial charge in [-0.1, -0.05) is 12.8 Å². The Kier molecular flexibility index (Phi) is 3.59. The minimum Gasteiger partial charge on any atom is -0.212 e. The molecule has 0 aromatic heterocycles. The van der Waals surface area contributed by atoms with Crippen LogP contribution < -0.4 is 0 Å². The fourth-order valence-corrected chi connectivity index (χ4v) is 4.75. The lowest BCUT2D eigenvalue weighted by atomic mass is 9.79. The summed E-state index contributed by atoms with van der Waals surface area (Å²) in [5.74, 6) is 0.635. The third-order valence-electron chi connectivity index (χ3n) is 4.11. The van der Waals surface area contributed by atoms with Crippen molar-refractivity contribution in [3.63, 3.8) is 0 Å². The van der Waals surface area contributed by atoms with Crippen molar-refractivity contribution in [1.29, 1.82) is 0 Å². The smallest absolute Gasteiger partial charge is 0.212 e. The van der Waals surface area contributed by atoms with Crippen LogP contribution in [-0.4, -0.2) is 30.6 Å². The van der Waals surface area contributed by atoms with Crippen LogP contribution in [0.2, 0.25) is 0 Å². The van der Waals surface area contributed by atoms with Crippen molar-refractivity contribution in [2.24, 2.45) is 5.92 Å². The van der Waals surface area contributed by atoms with Gasteiger partial charge >= 0.3 is 0 Å². The van der Waals surface area contributed by atoms with Gasteiger partial charge in [0, 0.05) is 12.6 Å². The summed E-state index contributed by atoms with van der Waals surface area (Å²) in [6, 6.07) is 0.315. The van der Waals surface area contributed by atoms with Crippen molar-refractivity contribution in [3.8, 4) is 0 Å². The number of nitrogens with zero attached hydrogens (tertiary/aromatic N) is 1. The first-order valence-corrected chi connectivity index (χ1v) is 8.04. The molecule has 0 radical (unpaired) electrons. The van der Waals surface area contributed by atoms with Crippen molar-refractivity contribution >= 4 is 10.0 Å². The summed E-state index contributed by atoms with van der Waals surface area (Å²) >= 11 is 0. The van der Waals surface area contributed by atoms with Crippen LogP contribution in [0.15, 0.2) is 0 Å². The molecule has 3 nitrogen and oxygen atoms in total. The van der Waals surface area contributed by atoms with Gasteiger partial charge in [-0.25, -0.2) is 8.42 Å². The lowest BCUT2D eigenvalue weighted by Gasteiger charge is -2.43. The maximum Gasteiger partial charge on any atom is 0.216 e. The first kappa shape index (κ1) is 12.4. The van der Waals surface area contributed by atoms with E-state index in [4.69, 9.17) is 0 Å². The molecule has 0 bridgehead atoms. The number of hydrogen-bond donors (Lipinski definition) is 0. The van der Waals surface area contributed by atoms with Crippen LogP contribution in [-0.2, 0) is 10.0 Å². The summed E-state index contributed by atoms with van der Waals surface area (Å²) in [5.41, 5.74) is 0. The second-order valence-electron chi connectivity index (χ2n) is 5.46. The van der Waals surface area contributed by atoms with Gasteiger partial charge in [0.25, 0.3) is 0 Å². The molecule has 4 heteroatoms. The Morgan fingerprint density at radius 3 is 2.38 bits per heavy atom. The molecular formula is C12H23NO2S. The van der Waals surface area contributed by atoms with Gasteiger partial charge in [-0.2, -0.15) is 4.31 Å².